The highest BCUT2D eigenvalue weighted by molar-refractivity contribution is 7.13. The third kappa shape index (κ3) is 2.27. The second-order valence-corrected chi connectivity index (χ2v) is 6.17. The van der Waals surface area contributed by atoms with E-state index in [1.165, 1.54) is 16.1 Å². The van der Waals surface area contributed by atoms with Gasteiger partial charge >= 0.3 is 0 Å². The molecule has 0 N–H and O–H groups in total. The number of aryl methyl sites for hydroxylation is 1. The van der Waals surface area contributed by atoms with Gasteiger partial charge < -0.3 is 14.3 Å². The highest BCUT2D eigenvalue weighted by atomic mass is 32.1. The molecule has 0 atom stereocenters. The Morgan fingerprint density at radius 3 is 3.05 bits per heavy atom. The maximum Gasteiger partial charge on any atom is 0.146 e. The largest absolute Gasteiger partial charge is 0.395 e. The summed E-state index contributed by atoms with van der Waals surface area (Å²) in [5, 5.41) is 6.55. The molecule has 2 aromatic heterocycles. The fourth-order valence-electron chi connectivity index (χ4n) is 2.43. The van der Waals surface area contributed by atoms with Crippen LogP contribution in [0.15, 0.2) is 28.9 Å². The number of hydrogen-bond acceptors (Lipinski definition) is 4. The second-order valence-electron chi connectivity index (χ2n) is 5.29. The first-order chi connectivity index (χ1) is 9.68. The molecular formula is C15H19N3OS. The Bertz CT molecular complexity index is 639. The van der Waals surface area contributed by atoms with Gasteiger partial charge in [-0.25, -0.2) is 0 Å². The molecule has 0 bridgehead atoms. The molecule has 5 heteroatoms. The zero-order chi connectivity index (χ0) is 14.1. The molecule has 0 saturated carbocycles. The van der Waals surface area contributed by atoms with Crippen LogP contribution in [0.25, 0.3) is 5.69 Å². The summed E-state index contributed by atoms with van der Waals surface area (Å²) in [5.74, 6) is 0. The van der Waals surface area contributed by atoms with Crippen LogP contribution in [0.4, 0.5) is 0 Å². The van der Waals surface area contributed by atoms with E-state index in [0.29, 0.717) is 6.61 Å². The smallest absolute Gasteiger partial charge is 0.146 e. The van der Waals surface area contributed by atoms with E-state index in [4.69, 9.17) is 4.84 Å². The van der Waals surface area contributed by atoms with Crippen LogP contribution in [-0.4, -0.2) is 42.4 Å². The van der Waals surface area contributed by atoms with Gasteiger partial charge in [0, 0.05) is 12.7 Å². The zero-order valence-corrected chi connectivity index (χ0v) is 12.9. The molecule has 0 spiro atoms. The van der Waals surface area contributed by atoms with Crippen LogP contribution < -0.4 is 0 Å². The molecule has 106 valence electrons. The summed E-state index contributed by atoms with van der Waals surface area (Å²) in [6.07, 6.45) is 3.07. The van der Waals surface area contributed by atoms with Crippen LogP contribution in [-0.2, 0) is 4.84 Å². The lowest BCUT2D eigenvalue weighted by atomic mass is 10.2. The van der Waals surface area contributed by atoms with E-state index < -0.39 is 0 Å². The summed E-state index contributed by atoms with van der Waals surface area (Å²) < 4.78 is 2.20. The van der Waals surface area contributed by atoms with Gasteiger partial charge in [0.05, 0.1) is 16.3 Å². The van der Waals surface area contributed by atoms with E-state index in [0.717, 1.165) is 24.4 Å². The summed E-state index contributed by atoms with van der Waals surface area (Å²) in [4.78, 5) is 8.88. The Labute approximate surface area is 123 Å². The average Bonchev–Trinajstić information content (AvgIpc) is 3.04. The minimum atomic E-state index is 0.655. The topological polar surface area (TPSA) is 29.8 Å². The van der Waals surface area contributed by atoms with Crippen molar-refractivity contribution in [3.63, 3.8) is 0 Å². The number of thiophene rings is 1. The highest BCUT2D eigenvalue weighted by Crippen LogP contribution is 2.35. The normalized spacial score (nSPS) is 14.9. The van der Waals surface area contributed by atoms with Gasteiger partial charge in [-0.1, -0.05) is 5.16 Å². The van der Waals surface area contributed by atoms with Crippen molar-refractivity contribution in [2.75, 3.05) is 27.2 Å². The molecule has 0 radical (unpaired) electrons. The van der Waals surface area contributed by atoms with E-state index in [9.17, 15) is 0 Å². The molecule has 4 nitrogen and oxygen atoms in total. The molecule has 0 aromatic carbocycles. The van der Waals surface area contributed by atoms with Gasteiger partial charge in [0.25, 0.3) is 0 Å². The van der Waals surface area contributed by atoms with Crippen LogP contribution in [0.1, 0.15) is 22.6 Å². The quantitative estimate of drug-likeness (QED) is 0.534. The van der Waals surface area contributed by atoms with Crippen molar-refractivity contribution < 1.29 is 4.84 Å². The van der Waals surface area contributed by atoms with Gasteiger partial charge in [0.2, 0.25) is 0 Å². The number of hydrogen-bond donors (Lipinski definition) is 0. The third-order valence-corrected chi connectivity index (χ3v) is 4.48. The monoisotopic (exact) mass is 289 g/mol. The lowest BCUT2D eigenvalue weighted by molar-refractivity contribution is 0.135. The summed E-state index contributed by atoms with van der Waals surface area (Å²) >= 11 is 1.74. The average molecular weight is 289 g/mol. The first-order valence-corrected chi connectivity index (χ1v) is 7.67. The first kappa shape index (κ1) is 13.4. The van der Waals surface area contributed by atoms with Crippen molar-refractivity contribution in [3.05, 3.63) is 39.8 Å². The molecule has 3 heterocycles. The number of oxime groups is 1. The van der Waals surface area contributed by atoms with Gasteiger partial charge in [-0.2, -0.15) is 0 Å². The zero-order valence-electron chi connectivity index (χ0n) is 12.1. The van der Waals surface area contributed by atoms with Gasteiger partial charge in [0.1, 0.15) is 12.3 Å². The van der Waals surface area contributed by atoms with Crippen LogP contribution in [0.2, 0.25) is 0 Å². The SMILES string of the molecule is Cc1csc2c1-n1cccc1/C2=N/OCCCN(C)C. The molecule has 1 aliphatic rings. The maximum atomic E-state index is 5.51. The van der Waals surface area contributed by atoms with Gasteiger partial charge in [0.15, 0.2) is 0 Å². The molecule has 0 amide bonds. The van der Waals surface area contributed by atoms with Crippen LogP contribution in [0, 0.1) is 6.92 Å². The molecule has 2 aromatic rings. The predicted molar refractivity (Wildman–Crippen MR) is 83.1 cm³/mol. The van der Waals surface area contributed by atoms with E-state index >= 15 is 0 Å². The minimum Gasteiger partial charge on any atom is -0.395 e. The summed E-state index contributed by atoms with van der Waals surface area (Å²) in [7, 11) is 4.13. The van der Waals surface area contributed by atoms with Crippen LogP contribution >= 0.6 is 11.3 Å². The van der Waals surface area contributed by atoms with Gasteiger partial charge in [-0.3, -0.25) is 0 Å². The molecule has 0 aliphatic carbocycles. The molecule has 0 fully saturated rings. The second kappa shape index (κ2) is 5.42. The van der Waals surface area contributed by atoms with Crippen molar-refractivity contribution in [2.24, 2.45) is 5.16 Å². The van der Waals surface area contributed by atoms with Gasteiger partial charge in [-0.15, -0.1) is 11.3 Å². The summed E-state index contributed by atoms with van der Waals surface area (Å²) in [6.45, 7) is 3.81. The van der Waals surface area contributed by atoms with E-state index in [1.807, 2.05) is 0 Å². The lowest BCUT2D eigenvalue weighted by Crippen LogP contribution is -2.14. The molecule has 0 saturated heterocycles. The number of fused-ring (bicyclic) bond motifs is 3. The molecule has 20 heavy (non-hydrogen) atoms. The Balaban J connectivity index is 1.77. The summed E-state index contributed by atoms with van der Waals surface area (Å²) in [6, 6.07) is 4.14. The van der Waals surface area contributed by atoms with Crippen molar-refractivity contribution >= 4 is 17.0 Å². The Morgan fingerprint density at radius 1 is 1.40 bits per heavy atom. The summed E-state index contributed by atoms with van der Waals surface area (Å²) in [5.41, 5.74) is 4.64. The van der Waals surface area contributed by atoms with Gasteiger partial charge in [-0.05, 0) is 50.5 Å². The molecule has 3 rings (SSSR count). The maximum absolute atomic E-state index is 5.51. The fourth-order valence-corrected chi connectivity index (χ4v) is 3.46. The molecule has 1 aliphatic heterocycles. The van der Waals surface area contributed by atoms with Crippen molar-refractivity contribution in [2.45, 2.75) is 13.3 Å². The standard InChI is InChI=1S/C15H19N3OS/c1-11-10-20-15-13(16-19-9-5-7-17(2)3)12-6-4-8-18(12)14(11)15/h4,6,8,10H,5,7,9H2,1-3H3/b16-13-. The molecule has 0 unspecified atom stereocenters. The Morgan fingerprint density at radius 2 is 2.25 bits per heavy atom. The number of aromatic nitrogens is 1. The number of nitrogens with zero attached hydrogens (tertiary/aromatic N) is 3. The predicted octanol–water partition coefficient (Wildman–Crippen LogP) is 2.88. The number of rotatable bonds is 5. The Hall–Kier alpha value is -1.59. The fraction of sp³-hybridized carbons (Fsp3) is 0.400. The lowest BCUT2D eigenvalue weighted by Gasteiger charge is -2.07. The van der Waals surface area contributed by atoms with E-state index in [2.05, 4.69) is 59.4 Å². The molecular weight excluding hydrogens is 270 g/mol. The van der Waals surface area contributed by atoms with Crippen molar-refractivity contribution in [1.82, 2.24) is 9.47 Å². The van der Waals surface area contributed by atoms with Crippen LogP contribution in [0.5, 0.6) is 0 Å². The third-order valence-electron chi connectivity index (χ3n) is 3.39. The van der Waals surface area contributed by atoms with E-state index in [-0.39, 0.29) is 0 Å². The van der Waals surface area contributed by atoms with Crippen molar-refractivity contribution in [1.29, 1.82) is 0 Å². The van der Waals surface area contributed by atoms with Crippen molar-refractivity contribution in [3.8, 4) is 5.69 Å². The minimum absolute atomic E-state index is 0.655. The van der Waals surface area contributed by atoms with Crippen LogP contribution in [0.3, 0.4) is 0 Å². The highest BCUT2D eigenvalue weighted by Gasteiger charge is 2.28. The van der Waals surface area contributed by atoms with E-state index in [1.54, 1.807) is 11.3 Å². The Kier molecular flexibility index (Phi) is 3.63. The first-order valence-electron chi connectivity index (χ1n) is 6.79.